The average molecular weight is 490 g/mol. The van der Waals surface area contributed by atoms with E-state index in [1.807, 2.05) is 0 Å². The fourth-order valence-electron chi connectivity index (χ4n) is 4.30. The first-order valence-corrected chi connectivity index (χ1v) is 13.3. The Morgan fingerprint density at radius 2 is 1.88 bits per heavy atom. The molecule has 11 heteroatoms. The van der Waals surface area contributed by atoms with Crippen molar-refractivity contribution in [2.45, 2.75) is 87.6 Å². The van der Waals surface area contributed by atoms with Crippen molar-refractivity contribution < 1.29 is 22.5 Å². The fourth-order valence-corrected chi connectivity index (χ4v) is 5.65. The number of benzene rings is 1. The summed E-state index contributed by atoms with van der Waals surface area (Å²) in [5, 5.41) is 9.90. The molecule has 1 heterocycles. The van der Waals surface area contributed by atoms with E-state index in [0.717, 1.165) is 51.4 Å². The molecule has 0 saturated heterocycles. The van der Waals surface area contributed by atoms with Gasteiger partial charge in [-0.25, -0.2) is 13.1 Å². The van der Waals surface area contributed by atoms with Crippen LogP contribution in [0.2, 0.25) is 0 Å². The van der Waals surface area contributed by atoms with Gasteiger partial charge < -0.3 is 15.2 Å². The minimum absolute atomic E-state index is 0.00492. The lowest BCUT2D eigenvalue weighted by Crippen LogP contribution is -2.45. The zero-order valence-corrected chi connectivity index (χ0v) is 20.1. The van der Waals surface area contributed by atoms with Crippen LogP contribution in [0, 0.1) is 0 Å². The van der Waals surface area contributed by atoms with Crippen LogP contribution in [0.5, 0.6) is 0 Å². The first-order valence-electron chi connectivity index (χ1n) is 11.8. The number of hydrogen-bond acceptors (Lipinski definition) is 7. The largest absolute Gasteiger partial charge is 0.343 e. The first-order chi connectivity index (χ1) is 16.3. The highest BCUT2D eigenvalue weighted by Crippen LogP contribution is 2.34. The number of carbonyl (C=O) groups is 2. The standard InChI is InChI=1S/C23H31N5O5S/c1-16(29)26-23(13-4-2-3-5-14-23)22-25-21(33-27-22)12-11-20(30)24-18-7-6-8-19(15-18)34(31,32)28-17-9-10-17/h6-8,15,17,28H,2-5,9-14H2,1H3,(H,24,30)(H,26,29). The number of sulfonamides is 1. The van der Waals surface area contributed by atoms with Crippen LogP contribution < -0.4 is 15.4 Å². The topological polar surface area (TPSA) is 143 Å². The molecule has 0 aliphatic heterocycles. The molecule has 0 atom stereocenters. The Hall–Kier alpha value is -2.79. The second-order valence-electron chi connectivity index (χ2n) is 9.16. The van der Waals surface area contributed by atoms with E-state index in [2.05, 4.69) is 25.5 Å². The maximum Gasteiger partial charge on any atom is 0.240 e. The lowest BCUT2D eigenvalue weighted by molar-refractivity contribution is -0.121. The van der Waals surface area contributed by atoms with E-state index in [-0.39, 0.29) is 35.6 Å². The third-order valence-electron chi connectivity index (χ3n) is 6.16. The predicted octanol–water partition coefficient (Wildman–Crippen LogP) is 2.77. The molecule has 0 unspecified atom stereocenters. The van der Waals surface area contributed by atoms with Crippen LogP contribution in [-0.4, -0.2) is 36.4 Å². The van der Waals surface area contributed by atoms with Crippen LogP contribution >= 0.6 is 0 Å². The number of rotatable bonds is 9. The van der Waals surface area contributed by atoms with E-state index in [1.165, 1.54) is 19.1 Å². The third-order valence-corrected chi connectivity index (χ3v) is 7.68. The van der Waals surface area contributed by atoms with Crippen molar-refractivity contribution in [1.29, 1.82) is 0 Å². The summed E-state index contributed by atoms with van der Waals surface area (Å²) in [6, 6.07) is 6.18. The second kappa shape index (κ2) is 10.2. The highest BCUT2D eigenvalue weighted by Gasteiger charge is 2.38. The van der Waals surface area contributed by atoms with E-state index < -0.39 is 15.6 Å². The van der Waals surface area contributed by atoms with Gasteiger partial charge in [0.25, 0.3) is 0 Å². The molecule has 0 bridgehead atoms. The number of aromatic nitrogens is 2. The number of carbonyl (C=O) groups excluding carboxylic acids is 2. The normalized spacial score (nSPS) is 18.1. The van der Waals surface area contributed by atoms with Gasteiger partial charge in [0.05, 0.1) is 4.90 Å². The van der Waals surface area contributed by atoms with Crippen LogP contribution in [-0.2, 0) is 31.6 Å². The third kappa shape index (κ3) is 6.20. The lowest BCUT2D eigenvalue weighted by Gasteiger charge is -2.30. The lowest BCUT2D eigenvalue weighted by atomic mass is 9.89. The molecule has 2 aromatic rings. The van der Waals surface area contributed by atoms with Crippen molar-refractivity contribution in [1.82, 2.24) is 20.2 Å². The van der Waals surface area contributed by atoms with Gasteiger partial charge in [-0.3, -0.25) is 9.59 Å². The van der Waals surface area contributed by atoms with Crippen molar-refractivity contribution in [3.8, 4) is 0 Å². The molecule has 2 fully saturated rings. The molecule has 1 aromatic heterocycles. The fraction of sp³-hybridized carbons (Fsp3) is 0.565. The molecule has 184 valence electrons. The zero-order valence-electron chi connectivity index (χ0n) is 19.3. The van der Waals surface area contributed by atoms with Gasteiger partial charge in [-0.15, -0.1) is 0 Å². The Labute approximate surface area is 199 Å². The second-order valence-corrected chi connectivity index (χ2v) is 10.9. The zero-order chi connectivity index (χ0) is 24.2. The Bertz CT molecular complexity index is 1130. The quantitative estimate of drug-likeness (QED) is 0.460. The van der Waals surface area contributed by atoms with Gasteiger partial charge in [-0.2, -0.15) is 4.98 Å². The summed E-state index contributed by atoms with van der Waals surface area (Å²) in [5.41, 5.74) is -0.231. The summed E-state index contributed by atoms with van der Waals surface area (Å²) in [7, 11) is -3.60. The molecular formula is C23H31N5O5S. The van der Waals surface area contributed by atoms with Gasteiger partial charge in [0.2, 0.25) is 27.7 Å². The van der Waals surface area contributed by atoms with Crippen molar-refractivity contribution in [2.75, 3.05) is 5.32 Å². The number of anilines is 1. The van der Waals surface area contributed by atoms with Gasteiger partial charge in [0.1, 0.15) is 5.54 Å². The van der Waals surface area contributed by atoms with Crippen molar-refractivity contribution in [2.24, 2.45) is 0 Å². The van der Waals surface area contributed by atoms with Crippen LogP contribution in [0.1, 0.15) is 76.4 Å². The molecule has 3 N–H and O–H groups in total. The molecule has 10 nitrogen and oxygen atoms in total. The highest BCUT2D eigenvalue weighted by atomic mass is 32.2. The molecule has 4 rings (SSSR count). The summed E-state index contributed by atoms with van der Waals surface area (Å²) < 4.78 is 32.8. The number of aryl methyl sites for hydroxylation is 1. The summed E-state index contributed by atoms with van der Waals surface area (Å²) in [4.78, 5) is 28.9. The molecule has 1 aromatic carbocycles. The van der Waals surface area contributed by atoms with Gasteiger partial charge in [-0.05, 0) is 43.9 Å². The van der Waals surface area contributed by atoms with Gasteiger partial charge >= 0.3 is 0 Å². The van der Waals surface area contributed by atoms with Crippen LogP contribution in [0.3, 0.4) is 0 Å². The SMILES string of the molecule is CC(=O)NC1(c2noc(CCC(=O)Nc3cccc(S(=O)(=O)NC4CC4)c3)n2)CCCCCC1. The Kier molecular flexibility index (Phi) is 7.32. The molecule has 2 amide bonds. The Balaban J connectivity index is 1.36. The van der Waals surface area contributed by atoms with Gasteiger partial charge in [0.15, 0.2) is 5.82 Å². The van der Waals surface area contributed by atoms with E-state index in [9.17, 15) is 18.0 Å². The minimum atomic E-state index is -3.60. The molecular weight excluding hydrogens is 458 g/mol. The number of nitrogens with zero attached hydrogens (tertiary/aromatic N) is 2. The molecule has 2 aliphatic carbocycles. The molecule has 0 radical (unpaired) electrons. The van der Waals surface area contributed by atoms with E-state index in [0.29, 0.717) is 17.4 Å². The Morgan fingerprint density at radius 1 is 1.15 bits per heavy atom. The van der Waals surface area contributed by atoms with Crippen molar-refractivity contribution >= 4 is 27.5 Å². The van der Waals surface area contributed by atoms with Crippen LogP contribution in [0.4, 0.5) is 5.69 Å². The van der Waals surface area contributed by atoms with E-state index in [4.69, 9.17) is 4.52 Å². The van der Waals surface area contributed by atoms with Crippen molar-refractivity contribution in [3.63, 3.8) is 0 Å². The van der Waals surface area contributed by atoms with Crippen molar-refractivity contribution in [3.05, 3.63) is 36.0 Å². The van der Waals surface area contributed by atoms with Gasteiger partial charge in [0, 0.05) is 31.5 Å². The molecule has 0 spiro atoms. The van der Waals surface area contributed by atoms with Gasteiger partial charge in [-0.1, -0.05) is 36.9 Å². The van der Waals surface area contributed by atoms with Crippen LogP contribution in [0.25, 0.3) is 0 Å². The summed E-state index contributed by atoms with van der Waals surface area (Å²) in [5.74, 6) is 0.352. The first kappa shape index (κ1) is 24.3. The minimum Gasteiger partial charge on any atom is -0.343 e. The maximum absolute atomic E-state index is 12.5. The van der Waals surface area contributed by atoms with Crippen LogP contribution in [0.15, 0.2) is 33.7 Å². The number of hydrogen-bond donors (Lipinski definition) is 3. The number of amides is 2. The summed E-state index contributed by atoms with van der Waals surface area (Å²) in [6.07, 6.45) is 7.66. The smallest absolute Gasteiger partial charge is 0.240 e. The van der Waals surface area contributed by atoms with E-state index >= 15 is 0 Å². The predicted molar refractivity (Wildman–Crippen MR) is 124 cm³/mol. The summed E-state index contributed by atoms with van der Waals surface area (Å²) in [6.45, 7) is 1.49. The molecule has 2 saturated carbocycles. The highest BCUT2D eigenvalue weighted by molar-refractivity contribution is 7.89. The molecule has 2 aliphatic rings. The van der Waals surface area contributed by atoms with E-state index in [1.54, 1.807) is 12.1 Å². The maximum atomic E-state index is 12.5. The Morgan fingerprint density at radius 3 is 2.56 bits per heavy atom. The summed E-state index contributed by atoms with van der Waals surface area (Å²) >= 11 is 0. The average Bonchev–Trinajstić information content (AvgIpc) is 3.51. The number of nitrogens with one attached hydrogen (secondary N) is 3. The monoisotopic (exact) mass is 489 g/mol. The molecule has 34 heavy (non-hydrogen) atoms.